The van der Waals surface area contributed by atoms with Crippen molar-refractivity contribution in [2.24, 2.45) is 0 Å². The molecular formula is C23H25NO6S. The third kappa shape index (κ3) is 5.68. The molecule has 0 heterocycles. The number of ether oxygens (including phenoxy) is 4. The van der Waals surface area contributed by atoms with Crippen LogP contribution in [0.4, 0.5) is 0 Å². The normalized spacial score (nSPS) is 11.1. The molecule has 31 heavy (non-hydrogen) atoms. The first-order valence-electron chi connectivity index (χ1n) is 9.52. The summed E-state index contributed by atoms with van der Waals surface area (Å²) < 4.78 is 49.8. The van der Waals surface area contributed by atoms with E-state index in [1.807, 2.05) is 30.3 Å². The molecule has 3 aromatic carbocycles. The van der Waals surface area contributed by atoms with Gasteiger partial charge in [-0.25, -0.2) is 13.1 Å². The fraction of sp³-hybridized carbons (Fsp3) is 0.217. The monoisotopic (exact) mass is 443 g/mol. The van der Waals surface area contributed by atoms with E-state index in [2.05, 4.69) is 4.72 Å². The van der Waals surface area contributed by atoms with Gasteiger partial charge in [0.15, 0.2) is 11.5 Å². The maximum absolute atomic E-state index is 12.8. The van der Waals surface area contributed by atoms with Crippen molar-refractivity contribution in [3.05, 3.63) is 77.9 Å². The summed E-state index contributed by atoms with van der Waals surface area (Å²) in [6, 6.07) is 19.7. The van der Waals surface area contributed by atoms with Crippen molar-refractivity contribution in [1.82, 2.24) is 4.72 Å². The van der Waals surface area contributed by atoms with Crippen LogP contribution in [0.2, 0.25) is 0 Å². The van der Waals surface area contributed by atoms with Gasteiger partial charge in [-0.3, -0.25) is 0 Å². The molecule has 3 rings (SSSR count). The summed E-state index contributed by atoms with van der Waals surface area (Å²) in [5.74, 6) is 1.75. The quantitative estimate of drug-likeness (QED) is 0.514. The Morgan fingerprint density at radius 1 is 0.742 bits per heavy atom. The molecular weight excluding hydrogens is 418 g/mol. The summed E-state index contributed by atoms with van der Waals surface area (Å²) in [7, 11) is 0.593. The SMILES string of the molecule is COc1ccc(OC)c(S(=O)(=O)NCc2ccc(OCc3ccccc3)c(OC)c2)c1. The molecule has 0 aromatic heterocycles. The lowest BCUT2D eigenvalue weighted by Crippen LogP contribution is -2.23. The van der Waals surface area contributed by atoms with Crippen molar-refractivity contribution in [3.8, 4) is 23.0 Å². The maximum Gasteiger partial charge on any atom is 0.244 e. The van der Waals surface area contributed by atoms with Crippen molar-refractivity contribution in [1.29, 1.82) is 0 Å². The summed E-state index contributed by atoms with van der Waals surface area (Å²) in [5, 5.41) is 0. The van der Waals surface area contributed by atoms with E-state index in [-0.39, 0.29) is 17.2 Å². The molecule has 0 bridgehead atoms. The lowest BCUT2D eigenvalue weighted by atomic mass is 10.2. The van der Waals surface area contributed by atoms with Gasteiger partial charge < -0.3 is 18.9 Å². The van der Waals surface area contributed by atoms with Crippen molar-refractivity contribution >= 4 is 10.0 Å². The second-order valence-corrected chi connectivity index (χ2v) is 8.34. The van der Waals surface area contributed by atoms with Crippen LogP contribution in [-0.4, -0.2) is 29.7 Å². The molecule has 164 valence electrons. The first-order chi connectivity index (χ1) is 15.0. The Morgan fingerprint density at radius 3 is 2.13 bits per heavy atom. The van der Waals surface area contributed by atoms with Crippen LogP contribution in [-0.2, 0) is 23.2 Å². The van der Waals surface area contributed by atoms with Gasteiger partial charge in [0, 0.05) is 12.6 Å². The van der Waals surface area contributed by atoms with E-state index in [4.69, 9.17) is 18.9 Å². The maximum atomic E-state index is 12.8. The zero-order valence-electron chi connectivity index (χ0n) is 17.6. The standard InChI is InChI=1S/C23H25NO6S/c1-27-19-10-12-21(28-2)23(14-19)31(25,26)24-15-18-9-11-20(22(13-18)29-3)30-16-17-7-5-4-6-8-17/h4-14,24H,15-16H2,1-3H3. The highest BCUT2D eigenvalue weighted by Crippen LogP contribution is 2.30. The van der Waals surface area contributed by atoms with Crippen LogP contribution in [0.15, 0.2) is 71.6 Å². The van der Waals surface area contributed by atoms with Crippen LogP contribution in [0.1, 0.15) is 11.1 Å². The average molecular weight is 444 g/mol. The lowest BCUT2D eigenvalue weighted by molar-refractivity contribution is 0.284. The van der Waals surface area contributed by atoms with Crippen LogP contribution < -0.4 is 23.7 Å². The molecule has 0 aliphatic carbocycles. The minimum absolute atomic E-state index is 0.00382. The fourth-order valence-corrected chi connectivity index (χ4v) is 4.13. The van der Waals surface area contributed by atoms with Gasteiger partial charge in [-0.15, -0.1) is 0 Å². The fourth-order valence-electron chi connectivity index (χ4n) is 2.93. The minimum Gasteiger partial charge on any atom is -0.497 e. The van der Waals surface area contributed by atoms with Crippen molar-refractivity contribution < 1.29 is 27.4 Å². The van der Waals surface area contributed by atoms with Crippen LogP contribution in [0, 0.1) is 0 Å². The third-order valence-corrected chi connectivity index (χ3v) is 6.01. The average Bonchev–Trinajstić information content (AvgIpc) is 2.81. The van der Waals surface area contributed by atoms with Gasteiger partial charge in [-0.1, -0.05) is 36.4 Å². The van der Waals surface area contributed by atoms with Gasteiger partial charge >= 0.3 is 0 Å². The van der Waals surface area contributed by atoms with Crippen molar-refractivity contribution in [2.75, 3.05) is 21.3 Å². The zero-order chi connectivity index (χ0) is 22.3. The van der Waals surface area contributed by atoms with Gasteiger partial charge in [0.2, 0.25) is 10.0 Å². The Morgan fingerprint density at radius 2 is 1.45 bits per heavy atom. The number of nitrogens with one attached hydrogen (secondary N) is 1. The van der Waals surface area contributed by atoms with Crippen LogP contribution in [0.5, 0.6) is 23.0 Å². The first-order valence-corrected chi connectivity index (χ1v) is 11.0. The van der Waals surface area contributed by atoms with Crippen LogP contribution in [0.25, 0.3) is 0 Å². The third-order valence-electron chi connectivity index (χ3n) is 4.59. The summed E-state index contributed by atoms with van der Waals surface area (Å²) in [5.41, 5.74) is 1.75. The molecule has 7 nitrogen and oxygen atoms in total. The summed E-state index contributed by atoms with van der Waals surface area (Å²) in [4.78, 5) is 0.00382. The van der Waals surface area contributed by atoms with Crippen LogP contribution >= 0.6 is 0 Å². The Balaban J connectivity index is 1.73. The highest BCUT2D eigenvalue weighted by molar-refractivity contribution is 7.89. The van der Waals surface area contributed by atoms with Gasteiger partial charge in [-0.2, -0.15) is 0 Å². The van der Waals surface area contributed by atoms with E-state index in [0.717, 1.165) is 5.56 Å². The molecule has 0 unspecified atom stereocenters. The molecule has 0 saturated heterocycles. The van der Waals surface area contributed by atoms with Gasteiger partial charge in [0.25, 0.3) is 0 Å². The Hall–Kier alpha value is -3.23. The summed E-state index contributed by atoms with van der Waals surface area (Å²) in [6.07, 6.45) is 0. The molecule has 0 fully saturated rings. The smallest absolute Gasteiger partial charge is 0.244 e. The number of benzene rings is 3. The Bertz CT molecular complexity index is 1120. The number of hydrogen-bond donors (Lipinski definition) is 1. The molecule has 8 heteroatoms. The lowest BCUT2D eigenvalue weighted by Gasteiger charge is -2.14. The number of hydrogen-bond acceptors (Lipinski definition) is 6. The highest BCUT2D eigenvalue weighted by atomic mass is 32.2. The predicted octanol–water partition coefficient (Wildman–Crippen LogP) is 3.77. The van der Waals surface area contributed by atoms with E-state index in [1.165, 1.54) is 20.3 Å². The van der Waals surface area contributed by atoms with Gasteiger partial charge in [-0.05, 0) is 35.4 Å². The zero-order valence-corrected chi connectivity index (χ0v) is 18.4. The van der Waals surface area contributed by atoms with Crippen LogP contribution in [0.3, 0.4) is 0 Å². The van der Waals surface area contributed by atoms with Crippen molar-refractivity contribution in [2.45, 2.75) is 18.0 Å². The summed E-state index contributed by atoms with van der Waals surface area (Å²) in [6.45, 7) is 0.469. The molecule has 0 saturated carbocycles. The van der Waals surface area contributed by atoms with E-state index >= 15 is 0 Å². The highest BCUT2D eigenvalue weighted by Gasteiger charge is 2.20. The van der Waals surface area contributed by atoms with E-state index in [0.29, 0.717) is 29.4 Å². The topological polar surface area (TPSA) is 83.1 Å². The molecule has 0 spiro atoms. The molecule has 1 N–H and O–H groups in total. The van der Waals surface area contributed by atoms with Crippen molar-refractivity contribution in [3.63, 3.8) is 0 Å². The second-order valence-electron chi connectivity index (χ2n) is 6.60. The van der Waals surface area contributed by atoms with E-state index in [1.54, 1.807) is 37.4 Å². The molecule has 0 aliphatic heterocycles. The first kappa shape index (κ1) is 22.5. The number of sulfonamides is 1. The number of rotatable bonds is 10. The molecule has 3 aromatic rings. The van der Waals surface area contributed by atoms with E-state index < -0.39 is 10.0 Å². The Kier molecular flexibility index (Phi) is 7.38. The molecule has 0 aliphatic rings. The van der Waals surface area contributed by atoms with Gasteiger partial charge in [0.1, 0.15) is 23.0 Å². The number of methoxy groups -OCH3 is 3. The molecule has 0 amide bonds. The second kappa shape index (κ2) is 10.2. The van der Waals surface area contributed by atoms with E-state index in [9.17, 15) is 8.42 Å². The molecule has 0 atom stereocenters. The largest absolute Gasteiger partial charge is 0.497 e. The predicted molar refractivity (Wildman–Crippen MR) is 117 cm³/mol. The summed E-state index contributed by atoms with van der Waals surface area (Å²) >= 11 is 0. The van der Waals surface area contributed by atoms with Gasteiger partial charge in [0.05, 0.1) is 21.3 Å². The Labute approximate surface area is 182 Å². The molecule has 0 radical (unpaired) electrons. The minimum atomic E-state index is -3.84.